The summed E-state index contributed by atoms with van der Waals surface area (Å²) in [6.07, 6.45) is 1.86. The highest BCUT2D eigenvalue weighted by Gasteiger charge is 2.26. The maximum absolute atomic E-state index is 5.86. The van der Waals surface area contributed by atoms with Crippen molar-refractivity contribution >= 4 is 0 Å². The summed E-state index contributed by atoms with van der Waals surface area (Å²) in [5.41, 5.74) is 2.83. The Balaban J connectivity index is 2.08. The molecule has 0 spiro atoms. The highest BCUT2D eigenvalue weighted by molar-refractivity contribution is 5.27. The zero-order valence-electron chi connectivity index (χ0n) is 11.0. The lowest BCUT2D eigenvalue weighted by atomic mass is 9.96. The zero-order chi connectivity index (χ0) is 12.3. The number of fused-ring (bicyclic) bond motifs is 1. The minimum atomic E-state index is -0.100. The van der Waals surface area contributed by atoms with Crippen LogP contribution in [-0.4, -0.2) is 19.5 Å². The third-order valence-corrected chi connectivity index (χ3v) is 3.11. The van der Waals surface area contributed by atoms with Gasteiger partial charge in [0.15, 0.2) is 6.29 Å². The minimum absolute atomic E-state index is 0.0382. The molecule has 0 atom stereocenters. The van der Waals surface area contributed by atoms with Crippen LogP contribution in [0.5, 0.6) is 0 Å². The van der Waals surface area contributed by atoms with Crippen LogP contribution in [0.1, 0.15) is 31.9 Å². The molecule has 17 heavy (non-hydrogen) atoms. The molecule has 0 aliphatic carbocycles. The molecule has 0 amide bonds. The highest BCUT2D eigenvalue weighted by Crippen LogP contribution is 2.25. The quantitative estimate of drug-likeness (QED) is 0.686. The molecule has 1 aromatic rings. The topological polar surface area (TPSA) is 18.5 Å². The monoisotopic (exact) mass is 234 g/mol. The summed E-state index contributed by atoms with van der Waals surface area (Å²) in [5.74, 6) is 0. The van der Waals surface area contributed by atoms with Gasteiger partial charge in [-0.25, -0.2) is 0 Å². The van der Waals surface area contributed by atoms with Gasteiger partial charge in [-0.15, -0.1) is 0 Å². The first-order valence-electron chi connectivity index (χ1n) is 6.37. The van der Waals surface area contributed by atoms with E-state index in [1.54, 1.807) is 0 Å². The van der Waals surface area contributed by atoms with Crippen molar-refractivity contribution in [3.63, 3.8) is 0 Å². The molecule has 1 aliphatic rings. The Morgan fingerprint density at radius 1 is 0.941 bits per heavy atom. The molecule has 2 nitrogen and oxygen atoms in total. The van der Waals surface area contributed by atoms with E-state index >= 15 is 0 Å². The Morgan fingerprint density at radius 2 is 1.41 bits per heavy atom. The van der Waals surface area contributed by atoms with Gasteiger partial charge in [-0.05, 0) is 24.0 Å². The van der Waals surface area contributed by atoms with E-state index in [-0.39, 0.29) is 11.7 Å². The van der Waals surface area contributed by atoms with E-state index in [4.69, 9.17) is 9.47 Å². The highest BCUT2D eigenvalue weighted by atomic mass is 16.7. The number of benzene rings is 1. The third kappa shape index (κ3) is 3.30. The summed E-state index contributed by atoms with van der Waals surface area (Å²) in [7, 11) is 0. The summed E-state index contributed by atoms with van der Waals surface area (Å²) in [5, 5.41) is 0. The molecule has 0 radical (unpaired) electrons. The number of ether oxygens (including phenoxy) is 2. The fourth-order valence-electron chi connectivity index (χ4n) is 2.15. The van der Waals surface area contributed by atoms with Crippen molar-refractivity contribution in [3.8, 4) is 0 Å². The fraction of sp³-hybridized carbons (Fsp3) is 0.600. The van der Waals surface area contributed by atoms with Gasteiger partial charge in [-0.1, -0.05) is 45.0 Å². The molecule has 0 saturated carbocycles. The molecule has 2 heteroatoms. The molecular formula is C15H22O2. The molecule has 0 aromatic heterocycles. The molecule has 2 rings (SSSR count). The van der Waals surface area contributed by atoms with Crippen molar-refractivity contribution in [1.82, 2.24) is 0 Å². The third-order valence-electron chi connectivity index (χ3n) is 3.11. The van der Waals surface area contributed by atoms with Crippen molar-refractivity contribution in [3.05, 3.63) is 35.4 Å². The van der Waals surface area contributed by atoms with Crippen molar-refractivity contribution in [2.45, 2.75) is 39.9 Å². The lowest BCUT2D eigenvalue weighted by Gasteiger charge is -2.30. The SMILES string of the molecule is CC(C)(C)C1OCCc2ccccc2CCO1. The maximum atomic E-state index is 5.86. The molecule has 1 heterocycles. The average molecular weight is 234 g/mol. The molecule has 0 unspecified atom stereocenters. The maximum Gasteiger partial charge on any atom is 0.162 e. The van der Waals surface area contributed by atoms with Gasteiger partial charge in [0, 0.05) is 5.41 Å². The van der Waals surface area contributed by atoms with Gasteiger partial charge in [0.05, 0.1) is 13.2 Å². The van der Waals surface area contributed by atoms with Gasteiger partial charge in [-0.3, -0.25) is 0 Å². The van der Waals surface area contributed by atoms with Crippen LogP contribution < -0.4 is 0 Å². The van der Waals surface area contributed by atoms with Crippen LogP contribution in [0.25, 0.3) is 0 Å². The number of hydrogen-bond donors (Lipinski definition) is 0. The van der Waals surface area contributed by atoms with Crippen LogP contribution in [-0.2, 0) is 22.3 Å². The average Bonchev–Trinajstić information content (AvgIpc) is 2.37. The van der Waals surface area contributed by atoms with Crippen LogP contribution >= 0.6 is 0 Å². The molecule has 0 bridgehead atoms. The van der Waals surface area contributed by atoms with Gasteiger partial charge in [0.1, 0.15) is 0 Å². The molecular weight excluding hydrogens is 212 g/mol. The molecule has 0 fully saturated rings. The fourth-order valence-corrected chi connectivity index (χ4v) is 2.15. The second kappa shape index (κ2) is 5.19. The minimum Gasteiger partial charge on any atom is -0.352 e. The first-order chi connectivity index (χ1) is 8.07. The Kier molecular flexibility index (Phi) is 3.85. The van der Waals surface area contributed by atoms with Crippen molar-refractivity contribution in [1.29, 1.82) is 0 Å². The normalized spacial score (nSPS) is 19.0. The van der Waals surface area contributed by atoms with Crippen molar-refractivity contribution in [2.75, 3.05) is 13.2 Å². The first kappa shape index (κ1) is 12.6. The number of rotatable bonds is 0. The van der Waals surface area contributed by atoms with Crippen LogP contribution in [0.4, 0.5) is 0 Å². The first-order valence-corrected chi connectivity index (χ1v) is 6.37. The van der Waals surface area contributed by atoms with Crippen LogP contribution in [0, 0.1) is 5.41 Å². The smallest absolute Gasteiger partial charge is 0.162 e. The van der Waals surface area contributed by atoms with E-state index < -0.39 is 0 Å². The summed E-state index contributed by atoms with van der Waals surface area (Å²) in [6.45, 7) is 7.94. The predicted octanol–water partition coefficient (Wildman–Crippen LogP) is 3.19. The standard InChI is InChI=1S/C15H22O2/c1-15(2,3)14-16-10-8-12-6-4-5-7-13(12)9-11-17-14/h4-7,14H,8-11H2,1-3H3. The van der Waals surface area contributed by atoms with Crippen molar-refractivity contribution in [2.24, 2.45) is 5.41 Å². The lowest BCUT2D eigenvalue weighted by Crippen LogP contribution is -2.33. The Bertz CT molecular complexity index is 336. The zero-order valence-corrected chi connectivity index (χ0v) is 11.0. The van der Waals surface area contributed by atoms with E-state index in [9.17, 15) is 0 Å². The van der Waals surface area contributed by atoms with Gasteiger partial charge in [-0.2, -0.15) is 0 Å². The second-order valence-electron chi connectivity index (χ2n) is 5.71. The summed E-state index contributed by atoms with van der Waals surface area (Å²) in [4.78, 5) is 0. The number of hydrogen-bond acceptors (Lipinski definition) is 2. The molecule has 0 N–H and O–H groups in total. The molecule has 1 aliphatic heterocycles. The van der Waals surface area contributed by atoms with Crippen LogP contribution in [0.15, 0.2) is 24.3 Å². The van der Waals surface area contributed by atoms with Crippen LogP contribution in [0.2, 0.25) is 0 Å². The van der Waals surface area contributed by atoms with E-state index in [1.165, 1.54) is 11.1 Å². The summed E-state index contributed by atoms with van der Waals surface area (Å²) < 4.78 is 11.7. The molecule has 1 aromatic carbocycles. The van der Waals surface area contributed by atoms with Gasteiger partial charge < -0.3 is 9.47 Å². The largest absolute Gasteiger partial charge is 0.352 e. The van der Waals surface area contributed by atoms with E-state index in [2.05, 4.69) is 45.0 Å². The lowest BCUT2D eigenvalue weighted by molar-refractivity contribution is -0.192. The van der Waals surface area contributed by atoms with E-state index in [1.807, 2.05) is 0 Å². The Morgan fingerprint density at radius 3 is 1.82 bits per heavy atom. The Hall–Kier alpha value is -0.860. The van der Waals surface area contributed by atoms with Crippen molar-refractivity contribution < 1.29 is 9.47 Å². The van der Waals surface area contributed by atoms with Gasteiger partial charge in [0.25, 0.3) is 0 Å². The van der Waals surface area contributed by atoms with Crippen LogP contribution in [0.3, 0.4) is 0 Å². The predicted molar refractivity (Wildman–Crippen MR) is 69.0 cm³/mol. The Labute approximate surface area is 104 Å². The summed E-state index contributed by atoms with van der Waals surface area (Å²) >= 11 is 0. The van der Waals surface area contributed by atoms with Gasteiger partial charge >= 0.3 is 0 Å². The van der Waals surface area contributed by atoms with E-state index in [0.717, 1.165) is 26.1 Å². The van der Waals surface area contributed by atoms with Gasteiger partial charge in [0.2, 0.25) is 0 Å². The second-order valence-corrected chi connectivity index (χ2v) is 5.71. The molecule has 94 valence electrons. The van der Waals surface area contributed by atoms with E-state index in [0.29, 0.717) is 0 Å². The molecule has 0 saturated heterocycles. The summed E-state index contributed by atoms with van der Waals surface area (Å²) in [6, 6.07) is 8.57.